The van der Waals surface area contributed by atoms with Crippen LogP contribution in [0.4, 0.5) is 4.79 Å². The minimum atomic E-state index is -0.435. The van der Waals surface area contributed by atoms with Gasteiger partial charge >= 0.3 is 6.09 Å². The van der Waals surface area contributed by atoms with Gasteiger partial charge in [0, 0.05) is 11.6 Å². The van der Waals surface area contributed by atoms with Crippen molar-refractivity contribution in [2.24, 2.45) is 0 Å². The highest BCUT2D eigenvalue weighted by Gasteiger charge is 2.00. The predicted molar refractivity (Wildman–Crippen MR) is 89.9 cm³/mol. The Morgan fingerprint density at radius 1 is 1.23 bits per heavy atom. The molecular weight excluding hydrogens is 298 g/mol. The van der Waals surface area contributed by atoms with Crippen molar-refractivity contribution in [3.63, 3.8) is 0 Å². The Labute approximate surface area is 135 Å². The van der Waals surface area contributed by atoms with Crippen molar-refractivity contribution in [2.75, 3.05) is 6.54 Å². The van der Waals surface area contributed by atoms with Gasteiger partial charge in [0.25, 0.3) is 0 Å². The molecule has 0 radical (unpaired) electrons. The summed E-state index contributed by atoms with van der Waals surface area (Å²) in [4.78, 5) is 11.5. The highest BCUT2D eigenvalue weighted by Crippen LogP contribution is 2.17. The molecule has 0 saturated carbocycles. The monoisotopic (exact) mass is 315 g/mol. The van der Waals surface area contributed by atoms with Crippen molar-refractivity contribution in [1.82, 2.24) is 5.32 Å². The number of aryl methyl sites for hydroxylation is 1. The maximum atomic E-state index is 11.5. The van der Waals surface area contributed by atoms with Gasteiger partial charge in [-0.2, -0.15) is 0 Å². The average molecular weight is 316 g/mol. The third-order valence-corrected chi connectivity index (χ3v) is 3.49. The minimum Gasteiger partial charge on any atom is -0.445 e. The van der Waals surface area contributed by atoms with Crippen molar-refractivity contribution in [3.8, 4) is 0 Å². The molecule has 0 unspecified atom stereocenters. The van der Waals surface area contributed by atoms with Gasteiger partial charge < -0.3 is 10.1 Å². The fraction of sp³-hybridized carbons (Fsp3) is 0.167. The van der Waals surface area contributed by atoms with E-state index in [2.05, 4.69) is 5.32 Å². The molecule has 0 aromatic heterocycles. The molecule has 4 heteroatoms. The van der Waals surface area contributed by atoms with Crippen LogP contribution in [0.2, 0.25) is 5.02 Å². The van der Waals surface area contributed by atoms with Crippen molar-refractivity contribution in [2.45, 2.75) is 13.5 Å². The SMILES string of the molecule is Cc1ccc(C=CCNC(=O)OCc2ccccc2)cc1Cl. The summed E-state index contributed by atoms with van der Waals surface area (Å²) in [6.07, 6.45) is 3.32. The zero-order valence-corrected chi connectivity index (χ0v) is 13.1. The van der Waals surface area contributed by atoms with Crippen LogP contribution >= 0.6 is 11.6 Å². The van der Waals surface area contributed by atoms with Crippen LogP contribution in [0.15, 0.2) is 54.6 Å². The summed E-state index contributed by atoms with van der Waals surface area (Å²) in [7, 11) is 0. The fourth-order valence-corrected chi connectivity index (χ4v) is 2.01. The number of amides is 1. The summed E-state index contributed by atoms with van der Waals surface area (Å²) in [6.45, 7) is 2.63. The molecule has 0 aliphatic carbocycles. The van der Waals surface area contributed by atoms with Gasteiger partial charge in [-0.05, 0) is 29.7 Å². The number of benzene rings is 2. The van der Waals surface area contributed by atoms with Crippen LogP contribution in [0, 0.1) is 6.92 Å². The van der Waals surface area contributed by atoms with E-state index in [0.29, 0.717) is 6.54 Å². The molecule has 114 valence electrons. The second-order valence-electron chi connectivity index (χ2n) is 4.85. The number of carbonyl (C=O) groups is 1. The molecule has 22 heavy (non-hydrogen) atoms. The largest absolute Gasteiger partial charge is 0.445 e. The maximum absolute atomic E-state index is 11.5. The summed E-state index contributed by atoms with van der Waals surface area (Å²) in [6, 6.07) is 15.4. The molecule has 0 bridgehead atoms. The van der Waals surface area contributed by atoms with E-state index in [1.54, 1.807) is 0 Å². The Balaban J connectivity index is 1.72. The number of nitrogens with one attached hydrogen (secondary N) is 1. The van der Waals surface area contributed by atoms with E-state index < -0.39 is 6.09 Å². The van der Waals surface area contributed by atoms with E-state index in [0.717, 1.165) is 21.7 Å². The Morgan fingerprint density at radius 3 is 2.73 bits per heavy atom. The first-order chi connectivity index (χ1) is 10.6. The molecule has 0 fully saturated rings. The number of carbonyl (C=O) groups excluding carboxylic acids is 1. The maximum Gasteiger partial charge on any atom is 0.407 e. The van der Waals surface area contributed by atoms with Crippen molar-refractivity contribution in [3.05, 3.63) is 76.3 Å². The molecule has 0 aliphatic heterocycles. The van der Waals surface area contributed by atoms with Gasteiger partial charge in [-0.3, -0.25) is 0 Å². The summed E-state index contributed by atoms with van der Waals surface area (Å²) < 4.78 is 5.11. The summed E-state index contributed by atoms with van der Waals surface area (Å²) in [5, 5.41) is 3.40. The number of halogens is 1. The van der Waals surface area contributed by atoms with E-state index in [4.69, 9.17) is 16.3 Å². The van der Waals surface area contributed by atoms with Gasteiger partial charge in [-0.1, -0.05) is 66.2 Å². The number of hydrogen-bond acceptors (Lipinski definition) is 2. The molecule has 3 nitrogen and oxygen atoms in total. The van der Waals surface area contributed by atoms with Gasteiger partial charge in [-0.15, -0.1) is 0 Å². The van der Waals surface area contributed by atoms with Gasteiger partial charge in [0.2, 0.25) is 0 Å². The number of rotatable bonds is 5. The zero-order chi connectivity index (χ0) is 15.8. The molecule has 2 aromatic rings. The Morgan fingerprint density at radius 2 is 2.00 bits per heavy atom. The second-order valence-corrected chi connectivity index (χ2v) is 5.26. The molecule has 2 rings (SSSR count). The average Bonchev–Trinajstić information content (AvgIpc) is 2.54. The molecule has 0 atom stereocenters. The molecule has 2 aromatic carbocycles. The Hall–Kier alpha value is -2.26. The van der Waals surface area contributed by atoms with E-state index in [-0.39, 0.29) is 6.61 Å². The van der Waals surface area contributed by atoms with Gasteiger partial charge in [0.05, 0.1) is 0 Å². The quantitative estimate of drug-likeness (QED) is 0.876. The third-order valence-electron chi connectivity index (χ3n) is 3.08. The molecule has 1 amide bonds. The summed E-state index contributed by atoms with van der Waals surface area (Å²) in [5.41, 5.74) is 3.00. The fourth-order valence-electron chi connectivity index (χ4n) is 1.82. The number of hydrogen-bond donors (Lipinski definition) is 1. The molecule has 0 aliphatic rings. The molecule has 0 saturated heterocycles. The van der Waals surface area contributed by atoms with Crippen LogP contribution in [0.5, 0.6) is 0 Å². The number of alkyl carbamates (subject to hydrolysis) is 1. The van der Waals surface area contributed by atoms with Gasteiger partial charge in [0.15, 0.2) is 0 Å². The zero-order valence-electron chi connectivity index (χ0n) is 12.4. The van der Waals surface area contributed by atoms with E-state index in [9.17, 15) is 4.79 Å². The van der Waals surface area contributed by atoms with Crippen molar-refractivity contribution >= 4 is 23.8 Å². The molecule has 0 heterocycles. The highest BCUT2D eigenvalue weighted by molar-refractivity contribution is 6.31. The Bertz CT molecular complexity index is 653. The van der Waals surface area contributed by atoms with Crippen molar-refractivity contribution in [1.29, 1.82) is 0 Å². The normalized spacial score (nSPS) is 10.6. The second kappa shape index (κ2) is 8.25. The van der Waals surface area contributed by atoms with Crippen LogP contribution in [0.1, 0.15) is 16.7 Å². The van der Waals surface area contributed by atoms with Gasteiger partial charge in [-0.25, -0.2) is 4.79 Å². The van der Waals surface area contributed by atoms with Crippen LogP contribution in [0.25, 0.3) is 6.08 Å². The predicted octanol–water partition coefficient (Wildman–Crippen LogP) is 4.59. The highest BCUT2D eigenvalue weighted by atomic mass is 35.5. The first kappa shape index (κ1) is 16.1. The van der Waals surface area contributed by atoms with Gasteiger partial charge in [0.1, 0.15) is 6.61 Å². The standard InChI is InChI=1S/C18H18ClNO2/c1-14-9-10-15(12-17(14)19)8-5-11-20-18(21)22-13-16-6-3-2-4-7-16/h2-10,12H,11,13H2,1H3,(H,20,21). The molecular formula is C18H18ClNO2. The summed E-state index contributed by atoms with van der Waals surface area (Å²) >= 11 is 6.05. The lowest BCUT2D eigenvalue weighted by Gasteiger charge is -2.05. The van der Waals surface area contributed by atoms with Crippen LogP contribution in [-0.2, 0) is 11.3 Å². The van der Waals surface area contributed by atoms with Crippen LogP contribution in [-0.4, -0.2) is 12.6 Å². The number of ether oxygens (including phenoxy) is 1. The van der Waals surface area contributed by atoms with E-state index >= 15 is 0 Å². The Kier molecular flexibility index (Phi) is 6.04. The topological polar surface area (TPSA) is 38.3 Å². The lowest BCUT2D eigenvalue weighted by molar-refractivity contribution is 0.141. The van der Waals surface area contributed by atoms with Crippen LogP contribution in [0.3, 0.4) is 0 Å². The first-order valence-electron chi connectivity index (χ1n) is 7.02. The van der Waals surface area contributed by atoms with E-state index in [1.165, 1.54) is 0 Å². The summed E-state index contributed by atoms with van der Waals surface area (Å²) in [5.74, 6) is 0. The third kappa shape index (κ3) is 5.26. The van der Waals surface area contributed by atoms with Crippen LogP contribution < -0.4 is 5.32 Å². The van der Waals surface area contributed by atoms with Crippen molar-refractivity contribution < 1.29 is 9.53 Å². The smallest absolute Gasteiger partial charge is 0.407 e. The lowest BCUT2D eigenvalue weighted by Crippen LogP contribution is -2.24. The minimum absolute atomic E-state index is 0.268. The molecule has 0 spiro atoms. The molecule has 1 N–H and O–H groups in total. The first-order valence-corrected chi connectivity index (χ1v) is 7.40. The van der Waals surface area contributed by atoms with E-state index in [1.807, 2.05) is 67.6 Å². The lowest BCUT2D eigenvalue weighted by atomic mass is 10.1.